The number of amides is 1. The van der Waals surface area contributed by atoms with Crippen molar-refractivity contribution in [2.24, 2.45) is 5.92 Å². The summed E-state index contributed by atoms with van der Waals surface area (Å²) in [6.07, 6.45) is 1.41. The van der Waals surface area contributed by atoms with Crippen LogP contribution >= 0.6 is 0 Å². The lowest BCUT2D eigenvalue weighted by Crippen LogP contribution is -2.36. The molecule has 1 aliphatic rings. The molecule has 2 nitrogen and oxygen atoms in total. The van der Waals surface area contributed by atoms with E-state index in [1.54, 1.807) is 0 Å². The molecule has 0 heterocycles. The Balaban J connectivity index is 2.22. The predicted molar refractivity (Wildman–Crippen MR) is 64.8 cm³/mol. The average Bonchev–Trinajstić information content (AvgIpc) is 3.05. The molecule has 1 aromatic carbocycles. The first kappa shape index (κ1) is 13.9. The standard InChI is InChI=1S/C14H16F3NO/c1-8(2)7-11(19)18-14(5-6-14)9-3-4-10(15)13(17)12(9)16/h3-4,8H,5-7H2,1-2H3,(H,18,19). The molecule has 0 radical (unpaired) electrons. The molecule has 0 unspecified atom stereocenters. The van der Waals surface area contributed by atoms with Gasteiger partial charge in [-0.1, -0.05) is 19.9 Å². The summed E-state index contributed by atoms with van der Waals surface area (Å²) in [5.41, 5.74) is -0.826. The van der Waals surface area contributed by atoms with Crippen molar-refractivity contribution < 1.29 is 18.0 Å². The van der Waals surface area contributed by atoms with Crippen LogP contribution in [0.4, 0.5) is 13.2 Å². The summed E-state index contributed by atoms with van der Waals surface area (Å²) >= 11 is 0. The van der Waals surface area contributed by atoms with Crippen molar-refractivity contribution in [2.45, 2.75) is 38.6 Å². The molecule has 0 spiro atoms. The van der Waals surface area contributed by atoms with E-state index in [0.29, 0.717) is 19.3 Å². The van der Waals surface area contributed by atoms with Crippen molar-refractivity contribution in [3.8, 4) is 0 Å². The van der Waals surface area contributed by atoms with Crippen LogP contribution in [0.1, 0.15) is 38.7 Å². The maximum Gasteiger partial charge on any atom is 0.220 e. The van der Waals surface area contributed by atoms with Crippen LogP contribution < -0.4 is 5.32 Å². The number of carbonyl (C=O) groups excluding carboxylic acids is 1. The van der Waals surface area contributed by atoms with Gasteiger partial charge in [0.1, 0.15) is 0 Å². The van der Waals surface area contributed by atoms with Crippen LogP contribution in [0.15, 0.2) is 12.1 Å². The highest BCUT2D eigenvalue weighted by atomic mass is 19.2. The molecule has 19 heavy (non-hydrogen) atoms. The van der Waals surface area contributed by atoms with Gasteiger partial charge in [0, 0.05) is 12.0 Å². The summed E-state index contributed by atoms with van der Waals surface area (Å²) in [7, 11) is 0. The Hall–Kier alpha value is -1.52. The molecule has 104 valence electrons. The van der Waals surface area contributed by atoms with Crippen molar-refractivity contribution in [1.82, 2.24) is 5.32 Å². The Bertz CT molecular complexity index is 510. The lowest BCUT2D eigenvalue weighted by Gasteiger charge is -2.19. The fourth-order valence-corrected chi connectivity index (χ4v) is 2.17. The van der Waals surface area contributed by atoms with E-state index < -0.39 is 23.0 Å². The summed E-state index contributed by atoms with van der Waals surface area (Å²) in [6.45, 7) is 3.80. The second kappa shape index (κ2) is 4.87. The van der Waals surface area contributed by atoms with Crippen LogP contribution in [0.3, 0.4) is 0 Å². The molecule has 1 N–H and O–H groups in total. The maximum atomic E-state index is 13.7. The number of hydrogen-bond acceptors (Lipinski definition) is 1. The van der Waals surface area contributed by atoms with Gasteiger partial charge < -0.3 is 5.32 Å². The third-order valence-electron chi connectivity index (χ3n) is 3.27. The van der Waals surface area contributed by atoms with Gasteiger partial charge in [-0.25, -0.2) is 13.2 Å². The Morgan fingerprint density at radius 2 is 1.89 bits per heavy atom. The second-order valence-corrected chi connectivity index (χ2v) is 5.45. The Kier molecular flexibility index (Phi) is 3.56. The van der Waals surface area contributed by atoms with Crippen molar-refractivity contribution in [1.29, 1.82) is 0 Å². The van der Waals surface area contributed by atoms with Crippen LogP contribution in [-0.2, 0) is 10.3 Å². The average molecular weight is 271 g/mol. The number of rotatable bonds is 4. The lowest BCUT2D eigenvalue weighted by molar-refractivity contribution is -0.122. The summed E-state index contributed by atoms with van der Waals surface area (Å²) < 4.78 is 39.9. The van der Waals surface area contributed by atoms with Crippen LogP contribution in [0.5, 0.6) is 0 Å². The topological polar surface area (TPSA) is 29.1 Å². The Morgan fingerprint density at radius 3 is 2.42 bits per heavy atom. The molecule has 0 aromatic heterocycles. The van der Waals surface area contributed by atoms with Gasteiger partial charge in [-0.15, -0.1) is 0 Å². The minimum Gasteiger partial charge on any atom is -0.346 e. The highest BCUT2D eigenvalue weighted by Gasteiger charge is 2.48. The Morgan fingerprint density at radius 1 is 1.26 bits per heavy atom. The third kappa shape index (κ3) is 2.74. The Labute approximate surface area is 110 Å². The normalized spacial score (nSPS) is 16.5. The lowest BCUT2D eigenvalue weighted by atomic mass is 10.0. The maximum absolute atomic E-state index is 13.7. The van der Waals surface area contributed by atoms with Gasteiger partial charge in [0.25, 0.3) is 0 Å². The third-order valence-corrected chi connectivity index (χ3v) is 3.27. The minimum absolute atomic E-state index is 0.0310. The summed E-state index contributed by atoms with van der Waals surface area (Å²) in [4.78, 5) is 11.7. The van der Waals surface area contributed by atoms with E-state index in [9.17, 15) is 18.0 Å². The summed E-state index contributed by atoms with van der Waals surface area (Å²) in [5.74, 6) is -3.92. The van der Waals surface area contributed by atoms with Crippen LogP contribution in [0.25, 0.3) is 0 Å². The van der Waals surface area contributed by atoms with E-state index in [1.165, 1.54) is 6.07 Å². The van der Waals surface area contributed by atoms with Gasteiger partial charge in [-0.2, -0.15) is 0 Å². The molecule has 0 aliphatic heterocycles. The molecule has 1 saturated carbocycles. The SMILES string of the molecule is CC(C)CC(=O)NC1(c2ccc(F)c(F)c2F)CC1. The molecule has 2 rings (SSSR count). The molecule has 5 heteroatoms. The number of hydrogen-bond donors (Lipinski definition) is 1. The highest BCUT2D eigenvalue weighted by Crippen LogP contribution is 2.47. The van der Waals surface area contributed by atoms with Crippen LogP contribution in [-0.4, -0.2) is 5.91 Å². The zero-order chi connectivity index (χ0) is 14.2. The van der Waals surface area contributed by atoms with Crippen molar-refractivity contribution >= 4 is 5.91 Å². The molecular formula is C14H16F3NO. The summed E-state index contributed by atoms with van der Waals surface area (Å²) in [5, 5.41) is 2.73. The van der Waals surface area contributed by atoms with E-state index in [2.05, 4.69) is 5.32 Å². The molecule has 0 bridgehead atoms. The van der Waals surface area contributed by atoms with E-state index in [0.717, 1.165) is 6.07 Å². The van der Waals surface area contributed by atoms with Gasteiger partial charge in [-0.3, -0.25) is 4.79 Å². The fraction of sp³-hybridized carbons (Fsp3) is 0.500. The van der Waals surface area contributed by atoms with Crippen molar-refractivity contribution in [3.05, 3.63) is 35.1 Å². The van der Waals surface area contributed by atoms with Crippen LogP contribution in [0.2, 0.25) is 0 Å². The fourth-order valence-electron chi connectivity index (χ4n) is 2.17. The van der Waals surface area contributed by atoms with E-state index >= 15 is 0 Å². The van der Waals surface area contributed by atoms with E-state index in [4.69, 9.17) is 0 Å². The van der Waals surface area contributed by atoms with Crippen LogP contribution in [0, 0.1) is 23.4 Å². The molecule has 1 aliphatic carbocycles. The molecule has 0 atom stereocenters. The largest absolute Gasteiger partial charge is 0.346 e. The van der Waals surface area contributed by atoms with E-state index in [-0.39, 0.29) is 17.4 Å². The zero-order valence-electron chi connectivity index (χ0n) is 10.9. The minimum atomic E-state index is -1.48. The van der Waals surface area contributed by atoms with Gasteiger partial charge >= 0.3 is 0 Å². The van der Waals surface area contributed by atoms with E-state index in [1.807, 2.05) is 13.8 Å². The van der Waals surface area contributed by atoms with Gasteiger partial charge in [0.2, 0.25) is 5.91 Å². The van der Waals surface area contributed by atoms with Gasteiger partial charge in [-0.05, 0) is 24.8 Å². The number of carbonyl (C=O) groups is 1. The number of nitrogens with one attached hydrogen (secondary N) is 1. The molecule has 1 amide bonds. The van der Waals surface area contributed by atoms with Gasteiger partial charge in [0.05, 0.1) is 5.54 Å². The first-order valence-corrected chi connectivity index (χ1v) is 6.31. The summed E-state index contributed by atoms with van der Waals surface area (Å²) in [6, 6.07) is 2.10. The van der Waals surface area contributed by atoms with Gasteiger partial charge in [0.15, 0.2) is 17.5 Å². The molecule has 1 fully saturated rings. The van der Waals surface area contributed by atoms with Crippen molar-refractivity contribution in [2.75, 3.05) is 0 Å². The monoisotopic (exact) mass is 271 g/mol. The zero-order valence-corrected chi connectivity index (χ0v) is 10.9. The highest BCUT2D eigenvalue weighted by molar-refractivity contribution is 5.77. The first-order chi connectivity index (χ1) is 8.85. The molecule has 1 aromatic rings. The first-order valence-electron chi connectivity index (χ1n) is 6.31. The number of benzene rings is 1. The predicted octanol–water partition coefficient (Wildman–Crippen LogP) is 3.26. The second-order valence-electron chi connectivity index (χ2n) is 5.45. The smallest absolute Gasteiger partial charge is 0.220 e. The quantitative estimate of drug-likeness (QED) is 0.837. The molecular weight excluding hydrogens is 255 g/mol. The van der Waals surface area contributed by atoms with Crippen molar-refractivity contribution in [3.63, 3.8) is 0 Å². The molecule has 0 saturated heterocycles. The number of halogens is 3.